The maximum atomic E-state index is 12.3. The van der Waals surface area contributed by atoms with E-state index in [1.165, 1.54) is 0 Å². The molecule has 0 fully saturated rings. The van der Waals surface area contributed by atoms with Crippen LogP contribution in [-0.2, 0) is 4.79 Å². The van der Waals surface area contributed by atoms with Gasteiger partial charge in [0.05, 0.1) is 6.04 Å². The summed E-state index contributed by atoms with van der Waals surface area (Å²) in [6.07, 6.45) is 11.0. The predicted molar refractivity (Wildman–Crippen MR) is 76.5 cm³/mol. The summed E-state index contributed by atoms with van der Waals surface area (Å²) >= 11 is 0. The lowest BCUT2D eigenvalue weighted by molar-refractivity contribution is -0.125. The summed E-state index contributed by atoms with van der Waals surface area (Å²) in [4.78, 5) is 12.3. The van der Waals surface area contributed by atoms with Crippen molar-refractivity contribution in [2.75, 3.05) is 7.05 Å². The first-order valence-electron chi connectivity index (χ1n) is 7.31. The van der Waals surface area contributed by atoms with Crippen LogP contribution in [0.2, 0.25) is 0 Å². The van der Waals surface area contributed by atoms with Gasteiger partial charge in [-0.3, -0.25) is 4.79 Å². The van der Waals surface area contributed by atoms with E-state index in [9.17, 15) is 4.79 Å². The highest BCUT2D eigenvalue weighted by molar-refractivity contribution is 5.82. The summed E-state index contributed by atoms with van der Waals surface area (Å²) in [5.41, 5.74) is 0. The van der Waals surface area contributed by atoms with Gasteiger partial charge in [0, 0.05) is 6.04 Å². The molecule has 2 atom stereocenters. The number of carbonyl (C=O) groups excluding carboxylic acids is 1. The number of rotatable bonds is 6. The van der Waals surface area contributed by atoms with E-state index in [1.54, 1.807) is 0 Å². The minimum atomic E-state index is -0.0545. The number of nitrogens with one attached hydrogen (secondary N) is 2. The average molecular weight is 252 g/mol. The number of amides is 1. The molecule has 104 valence electrons. The minimum absolute atomic E-state index is 0.0545. The molecule has 2 N–H and O–H groups in total. The Bertz CT molecular complexity index is 266. The molecule has 0 aromatic heterocycles. The molecule has 1 aliphatic carbocycles. The molecule has 0 aliphatic heterocycles. The van der Waals surface area contributed by atoms with Crippen LogP contribution in [0.5, 0.6) is 0 Å². The van der Waals surface area contributed by atoms with Crippen molar-refractivity contribution >= 4 is 5.91 Å². The third-order valence-corrected chi connectivity index (χ3v) is 3.78. The van der Waals surface area contributed by atoms with Crippen LogP contribution in [0.25, 0.3) is 0 Å². The second-order valence-corrected chi connectivity index (χ2v) is 5.36. The molecule has 0 saturated heterocycles. The number of likely N-dealkylation sites (N-methyl/N-ethyl adjacent to an activating group) is 1. The number of hydrogen-bond acceptors (Lipinski definition) is 2. The van der Waals surface area contributed by atoms with Crippen molar-refractivity contribution in [2.24, 2.45) is 5.92 Å². The standard InChI is InChI=1S/C15H28N2O/c1-4-9-12(2)14(16-3)15(18)17-13-10-7-5-6-8-11-13/h5-6,12-14,16H,4,7-11H2,1-3H3,(H,17,18). The van der Waals surface area contributed by atoms with Crippen LogP contribution in [0, 0.1) is 5.92 Å². The fraction of sp³-hybridized carbons (Fsp3) is 0.800. The predicted octanol–water partition coefficient (Wildman–Crippen LogP) is 2.63. The first-order chi connectivity index (χ1) is 8.69. The molecule has 0 bridgehead atoms. The number of carbonyl (C=O) groups is 1. The number of allylic oxidation sites excluding steroid dienone is 2. The molecule has 3 heteroatoms. The highest BCUT2D eigenvalue weighted by atomic mass is 16.2. The van der Waals surface area contributed by atoms with E-state index in [0.717, 1.165) is 38.5 Å². The van der Waals surface area contributed by atoms with Gasteiger partial charge in [-0.05, 0) is 45.1 Å². The lowest BCUT2D eigenvalue weighted by Gasteiger charge is -2.25. The van der Waals surface area contributed by atoms with Gasteiger partial charge in [0.1, 0.15) is 0 Å². The fourth-order valence-corrected chi connectivity index (χ4v) is 2.71. The van der Waals surface area contributed by atoms with Gasteiger partial charge in [-0.25, -0.2) is 0 Å². The summed E-state index contributed by atoms with van der Waals surface area (Å²) in [6, 6.07) is 0.290. The maximum Gasteiger partial charge on any atom is 0.237 e. The first-order valence-corrected chi connectivity index (χ1v) is 7.31. The molecule has 1 rings (SSSR count). The third kappa shape index (κ3) is 4.81. The van der Waals surface area contributed by atoms with Crippen LogP contribution < -0.4 is 10.6 Å². The topological polar surface area (TPSA) is 41.1 Å². The maximum absolute atomic E-state index is 12.3. The Morgan fingerprint density at radius 3 is 2.44 bits per heavy atom. The Morgan fingerprint density at radius 2 is 1.94 bits per heavy atom. The molecule has 0 saturated carbocycles. The number of hydrogen-bond donors (Lipinski definition) is 2. The van der Waals surface area contributed by atoms with Crippen LogP contribution in [0.15, 0.2) is 12.2 Å². The molecule has 0 radical (unpaired) electrons. The van der Waals surface area contributed by atoms with Crippen molar-refractivity contribution < 1.29 is 4.79 Å². The molecule has 3 nitrogen and oxygen atoms in total. The fourth-order valence-electron chi connectivity index (χ4n) is 2.71. The smallest absolute Gasteiger partial charge is 0.237 e. The van der Waals surface area contributed by atoms with Crippen LogP contribution in [0.3, 0.4) is 0 Å². The Balaban J connectivity index is 2.45. The Morgan fingerprint density at radius 1 is 1.33 bits per heavy atom. The zero-order valence-electron chi connectivity index (χ0n) is 12.0. The summed E-state index contributed by atoms with van der Waals surface area (Å²) in [7, 11) is 1.88. The highest BCUT2D eigenvalue weighted by Crippen LogP contribution is 2.14. The van der Waals surface area contributed by atoms with Gasteiger partial charge >= 0.3 is 0 Å². The van der Waals surface area contributed by atoms with Crippen molar-refractivity contribution in [1.29, 1.82) is 0 Å². The first kappa shape index (κ1) is 15.2. The molecule has 0 aromatic rings. The summed E-state index contributed by atoms with van der Waals surface area (Å²) in [5, 5.41) is 6.37. The van der Waals surface area contributed by atoms with Crippen molar-refractivity contribution in [3.05, 3.63) is 12.2 Å². The largest absolute Gasteiger partial charge is 0.352 e. The second-order valence-electron chi connectivity index (χ2n) is 5.36. The quantitative estimate of drug-likeness (QED) is 0.714. The van der Waals surface area contributed by atoms with Crippen molar-refractivity contribution in [3.63, 3.8) is 0 Å². The van der Waals surface area contributed by atoms with Gasteiger partial charge in [0.15, 0.2) is 0 Å². The van der Waals surface area contributed by atoms with Gasteiger partial charge < -0.3 is 10.6 Å². The Labute approximate surface area is 111 Å². The van der Waals surface area contributed by atoms with Crippen LogP contribution >= 0.6 is 0 Å². The molecular weight excluding hydrogens is 224 g/mol. The van der Waals surface area contributed by atoms with E-state index in [1.807, 2.05) is 7.05 Å². The second kappa shape index (κ2) is 8.30. The molecule has 18 heavy (non-hydrogen) atoms. The van der Waals surface area contributed by atoms with Crippen LogP contribution in [0.1, 0.15) is 52.4 Å². The summed E-state index contributed by atoms with van der Waals surface area (Å²) in [6.45, 7) is 4.32. The average Bonchev–Trinajstić information content (AvgIpc) is 2.59. The zero-order valence-corrected chi connectivity index (χ0v) is 12.0. The molecule has 1 aliphatic rings. The molecule has 0 spiro atoms. The van der Waals surface area contributed by atoms with E-state index in [0.29, 0.717) is 12.0 Å². The molecular formula is C15H28N2O. The summed E-state index contributed by atoms with van der Waals surface area (Å²) < 4.78 is 0. The molecule has 2 unspecified atom stereocenters. The van der Waals surface area contributed by atoms with Crippen LogP contribution in [-0.4, -0.2) is 25.0 Å². The van der Waals surface area contributed by atoms with Gasteiger partial charge in [0.2, 0.25) is 5.91 Å². The van der Waals surface area contributed by atoms with Crippen molar-refractivity contribution in [1.82, 2.24) is 10.6 Å². The zero-order chi connectivity index (χ0) is 13.4. The molecule has 0 aromatic carbocycles. The monoisotopic (exact) mass is 252 g/mol. The van der Waals surface area contributed by atoms with E-state index in [4.69, 9.17) is 0 Å². The Kier molecular flexibility index (Phi) is 7.02. The molecule has 1 amide bonds. The van der Waals surface area contributed by atoms with Gasteiger partial charge in [-0.2, -0.15) is 0 Å². The SMILES string of the molecule is CCCC(C)C(NC)C(=O)NC1CCC=CCC1. The van der Waals surface area contributed by atoms with Crippen molar-refractivity contribution in [2.45, 2.75) is 64.5 Å². The van der Waals surface area contributed by atoms with Crippen molar-refractivity contribution in [3.8, 4) is 0 Å². The normalized spacial score (nSPS) is 20.2. The van der Waals surface area contributed by atoms with E-state index in [2.05, 4.69) is 36.6 Å². The van der Waals surface area contributed by atoms with Gasteiger partial charge in [0.25, 0.3) is 0 Å². The highest BCUT2D eigenvalue weighted by Gasteiger charge is 2.24. The van der Waals surface area contributed by atoms with E-state index in [-0.39, 0.29) is 11.9 Å². The van der Waals surface area contributed by atoms with E-state index < -0.39 is 0 Å². The summed E-state index contributed by atoms with van der Waals surface area (Å²) in [5.74, 6) is 0.564. The van der Waals surface area contributed by atoms with Gasteiger partial charge in [-0.1, -0.05) is 32.4 Å². The van der Waals surface area contributed by atoms with Gasteiger partial charge in [-0.15, -0.1) is 0 Å². The Hall–Kier alpha value is -0.830. The molecule has 0 heterocycles. The minimum Gasteiger partial charge on any atom is -0.352 e. The van der Waals surface area contributed by atoms with Crippen LogP contribution in [0.4, 0.5) is 0 Å². The van der Waals surface area contributed by atoms with E-state index >= 15 is 0 Å². The third-order valence-electron chi connectivity index (χ3n) is 3.78. The lowest BCUT2D eigenvalue weighted by atomic mass is 9.95. The lowest BCUT2D eigenvalue weighted by Crippen LogP contribution is -2.49.